The second-order valence-electron chi connectivity index (χ2n) is 5.84. The van der Waals surface area contributed by atoms with Crippen LogP contribution in [-0.2, 0) is 11.3 Å². The van der Waals surface area contributed by atoms with Crippen LogP contribution in [0.2, 0.25) is 0 Å². The Morgan fingerprint density at radius 3 is 2.44 bits per heavy atom. The second-order valence-corrected chi connectivity index (χ2v) is 5.84. The largest absolute Gasteiger partial charge is 0.497 e. The van der Waals surface area contributed by atoms with Gasteiger partial charge in [0.15, 0.2) is 0 Å². The van der Waals surface area contributed by atoms with E-state index in [1.165, 1.54) is 4.90 Å². The lowest BCUT2D eigenvalue weighted by Gasteiger charge is -2.17. The Kier molecular flexibility index (Phi) is 5.40. The van der Waals surface area contributed by atoms with Gasteiger partial charge in [-0.1, -0.05) is 30.3 Å². The van der Waals surface area contributed by atoms with Gasteiger partial charge < -0.3 is 24.2 Å². The Bertz CT molecular complexity index is 689. The SMILES string of the molecule is COc1ccc(O[C@H]2CN(C(=O)OCc3ccccc3)C[C@@H]2O)cc1. The van der Waals surface area contributed by atoms with Crippen LogP contribution in [0, 0.1) is 0 Å². The number of nitrogens with zero attached hydrogens (tertiary/aromatic N) is 1. The van der Waals surface area contributed by atoms with Crippen molar-refractivity contribution in [3.63, 3.8) is 0 Å². The number of carbonyl (C=O) groups is 1. The average molecular weight is 343 g/mol. The van der Waals surface area contributed by atoms with Crippen LogP contribution in [0.1, 0.15) is 5.56 Å². The molecule has 0 aromatic heterocycles. The van der Waals surface area contributed by atoms with Crippen molar-refractivity contribution in [1.82, 2.24) is 4.90 Å². The maximum absolute atomic E-state index is 12.2. The van der Waals surface area contributed by atoms with Crippen LogP contribution in [0.4, 0.5) is 4.79 Å². The first-order valence-electron chi connectivity index (χ1n) is 8.10. The second kappa shape index (κ2) is 7.90. The molecule has 1 aliphatic heterocycles. The molecule has 2 aromatic carbocycles. The van der Waals surface area contributed by atoms with Crippen LogP contribution < -0.4 is 9.47 Å². The zero-order valence-electron chi connectivity index (χ0n) is 14.0. The predicted molar refractivity (Wildman–Crippen MR) is 91.6 cm³/mol. The molecule has 25 heavy (non-hydrogen) atoms. The molecule has 1 fully saturated rings. The highest BCUT2D eigenvalue weighted by Gasteiger charge is 2.36. The van der Waals surface area contributed by atoms with Crippen LogP contribution >= 0.6 is 0 Å². The number of aliphatic hydroxyl groups is 1. The summed E-state index contributed by atoms with van der Waals surface area (Å²) in [4.78, 5) is 13.6. The Labute approximate surface area is 146 Å². The molecule has 6 heteroatoms. The van der Waals surface area contributed by atoms with E-state index in [1.54, 1.807) is 31.4 Å². The fraction of sp³-hybridized carbons (Fsp3) is 0.316. The molecule has 1 N–H and O–H groups in total. The highest BCUT2D eigenvalue weighted by molar-refractivity contribution is 5.68. The molecule has 0 radical (unpaired) electrons. The summed E-state index contributed by atoms with van der Waals surface area (Å²) in [6.07, 6.45) is -1.70. The number of carbonyl (C=O) groups excluding carboxylic acids is 1. The number of hydrogen-bond acceptors (Lipinski definition) is 5. The summed E-state index contributed by atoms with van der Waals surface area (Å²) in [5.74, 6) is 1.34. The standard InChI is InChI=1S/C19H21NO5/c1-23-15-7-9-16(10-8-15)25-18-12-20(11-17(18)21)19(22)24-13-14-5-3-2-4-6-14/h2-10,17-18,21H,11-13H2,1H3/t17-,18-/m0/s1. The topological polar surface area (TPSA) is 68.2 Å². The molecule has 2 atom stereocenters. The van der Waals surface area contributed by atoms with E-state index < -0.39 is 18.3 Å². The van der Waals surface area contributed by atoms with Gasteiger partial charge in [0, 0.05) is 0 Å². The quantitative estimate of drug-likeness (QED) is 0.903. The van der Waals surface area contributed by atoms with Crippen molar-refractivity contribution in [2.45, 2.75) is 18.8 Å². The molecule has 1 saturated heterocycles. The number of benzene rings is 2. The number of β-amino-alcohol motifs (C(OH)–C–C–N with tert-alkyl or cyclic N) is 1. The zero-order chi connectivity index (χ0) is 17.6. The summed E-state index contributed by atoms with van der Waals surface area (Å²) in [6.45, 7) is 0.672. The number of hydrogen-bond donors (Lipinski definition) is 1. The zero-order valence-corrected chi connectivity index (χ0v) is 14.0. The molecule has 1 aliphatic rings. The van der Waals surface area contributed by atoms with Crippen LogP contribution in [0.25, 0.3) is 0 Å². The summed E-state index contributed by atoms with van der Waals surface area (Å²) in [5, 5.41) is 10.2. The first-order chi connectivity index (χ1) is 12.2. The van der Waals surface area contributed by atoms with Gasteiger partial charge in [-0.3, -0.25) is 0 Å². The number of aliphatic hydroxyl groups excluding tert-OH is 1. The molecule has 2 aromatic rings. The van der Waals surface area contributed by atoms with Gasteiger partial charge in [-0.05, 0) is 29.8 Å². The van der Waals surface area contributed by atoms with Crippen molar-refractivity contribution < 1.29 is 24.1 Å². The van der Waals surface area contributed by atoms with Gasteiger partial charge in [-0.25, -0.2) is 4.79 Å². The minimum Gasteiger partial charge on any atom is -0.497 e. The first-order valence-corrected chi connectivity index (χ1v) is 8.10. The van der Waals surface area contributed by atoms with Crippen LogP contribution in [0.5, 0.6) is 11.5 Å². The Morgan fingerprint density at radius 2 is 1.76 bits per heavy atom. The molecule has 0 spiro atoms. The third-order valence-electron chi connectivity index (χ3n) is 4.05. The van der Waals surface area contributed by atoms with Gasteiger partial charge in [0.2, 0.25) is 0 Å². The molecular formula is C19H21NO5. The van der Waals surface area contributed by atoms with E-state index in [2.05, 4.69) is 0 Å². The van der Waals surface area contributed by atoms with E-state index in [-0.39, 0.29) is 19.7 Å². The maximum Gasteiger partial charge on any atom is 0.410 e. The number of likely N-dealkylation sites (tertiary alicyclic amines) is 1. The van der Waals surface area contributed by atoms with Gasteiger partial charge in [0.05, 0.1) is 20.2 Å². The average Bonchev–Trinajstić information content (AvgIpc) is 3.02. The van der Waals surface area contributed by atoms with Gasteiger partial charge >= 0.3 is 6.09 Å². The minimum atomic E-state index is -0.758. The third-order valence-corrected chi connectivity index (χ3v) is 4.05. The highest BCUT2D eigenvalue weighted by atomic mass is 16.6. The fourth-order valence-electron chi connectivity index (χ4n) is 2.66. The van der Waals surface area contributed by atoms with Crippen molar-refractivity contribution in [3.8, 4) is 11.5 Å². The minimum absolute atomic E-state index is 0.189. The normalized spacial score (nSPS) is 19.5. The lowest BCUT2D eigenvalue weighted by molar-refractivity contribution is 0.0735. The van der Waals surface area contributed by atoms with Crippen LogP contribution in [-0.4, -0.2) is 48.5 Å². The van der Waals surface area contributed by atoms with Gasteiger partial charge in [-0.15, -0.1) is 0 Å². The highest BCUT2D eigenvalue weighted by Crippen LogP contribution is 2.22. The maximum atomic E-state index is 12.2. The van der Waals surface area contributed by atoms with Crippen molar-refractivity contribution in [3.05, 3.63) is 60.2 Å². The smallest absolute Gasteiger partial charge is 0.410 e. The Balaban J connectivity index is 1.52. The van der Waals surface area contributed by atoms with Crippen molar-refractivity contribution >= 4 is 6.09 Å². The predicted octanol–water partition coefficient (Wildman–Crippen LogP) is 2.46. The van der Waals surface area contributed by atoms with E-state index in [9.17, 15) is 9.90 Å². The van der Waals surface area contributed by atoms with Crippen LogP contribution in [0.15, 0.2) is 54.6 Å². The van der Waals surface area contributed by atoms with E-state index in [1.807, 2.05) is 30.3 Å². The molecule has 0 unspecified atom stereocenters. The molecule has 132 valence electrons. The summed E-state index contributed by atoms with van der Waals surface area (Å²) >= 11 is 0. The molecule has 3 rings (SSSR count). The number of amides is 1. The summed E-state index contributed by atoms with van der Waals surface area (Å²) in [7, 11) is 1.59. The lowest BCUT2D eigenvalue weighted by Crippen LogP contribution is -2.31. The number of methoxy groups -OCH3 is 1. The van der Waals surface area contributed by atoms with Gasteiger partial charge in [0.1, 0.15) is 30.3 Å². The van der Waals surface area contributed by atoms with Gasteiger partial charge in [0.25, 0.3) is 0 Å². The number of ether oxygens (including phenoxy) is 3. The Hall–Kier alpha value is -2.73. The molecule has 1 amide bonds. The summed E-state index contributed by atoms with van der Waals surface area (Å²) in [6, 6.07) is 16.6. The molecule has 6 nitrogen and oxygen atoms in total. The Morgan fingerprint density at radius 1 is 1.08 bits per heavy atom. The molecule has 0 saturated carbocycles. The summed E-state index contributed by atoms with van der Waals surface area (Å²) < 4.78 is 16.2. The van der Waals surface area contributed by atoms with E-state index in [4.69, 9.17) is 14.2 Å². The van der Waals surface area contributed by atoms with Crippen molar-refractivity contribution in [2.24, 2.45) is 0 Å². The van der Waals surface area contributed by atoms with E-state index in [0.29, 0.717) is 5.75 Å². The lowest BCUT2D eigenvalue weighted by atomic mass is 10.2. The van der Waals surface area contributed by atoms with Crippen LogP contribution in [0.3, 0.4) is 0 Å². The monoisotopic (exact) mass is 343 g/mol. The fourth-order valence-corrected chi connectivity index (χ4v) is 2.66. The molecular weight excluding hydrogens is 322 g/mol. The summed E-state index contributed by atoms with van der Waals surface area (Å²) in [5.41, 5.74) is 0.918. The number of rotatable bonds is 5. The third kappa shape index (κ3) is 4.42. The van der Waals surface area contributed by atoms with E-state index in [0.717, 1.165) is 11.3 Å². The van der Waals surface area contributed by atoms with Crippen molar-refractivity contribution in [1.29, 1.82) is 0 Å². The molecule has 0 aliphatic carbocycles. The van der Waals surface area contributed by atoms with E-state index >= 15 is 0 Å². The first kappa shape index (κ1) is 17.1. The molecule has 0 bridgehead atoms. The van der Waals surface area contributed by atoms with Gasteiger partial charge in [-0.2, -0.15) is 0 Å². The molecule has 1 heterocycles. The van der Waals surface area contributed by atoms with Crippen molar-refractivity contribution in [2.75, 3.05) is 20.2 Å².